The third-order valence-electron chi connectivity index (χ3n) is 7.16. The van der Waals surface area contributed by atoms with Gasteiger partial charge < -0.3 is 20.0 Å². The van der Waals surface area contributed by atoms with Crippen LogP contribution in [0.25, 0.3) is 0 Å². The summed E-state index contributed by atoms with van der Waals surface area (Å²) < 4.78 is 0. The van der Waals surface area contributed by atoms with Gasteiger partial charge in [-0.1, -0.05) is 77.6 Å². The number of carbonyl (C=O) groups is 1. The van der Waals surface area contributed by atoms with Gasteiger partial charge in [0.2, 0.25) is 5.91 Å². The van der Waals surface area contributed by atoms with E-state index in [0.29, 0.717) is 10.6 Å². The van der Waals surface area contributed by atoms with Crippen molar-refractivity contribution < 1.29 is 14.7 Å². The molecule has 2 heterocycles. The lowest BCUT2D eigenvalue weighted by Crippen LogP contribution is -2.46. The van der Waals surface area contributed by atoms with Crippen LogP contribution in [-0.4, -0.2) is 71.8 Å². The van der Waals surface area contributed by atoms with Crippen molar-refractivity contribution in [2.75, 3.05) is 50.8 Å². The number of pyridine rings is 1. The average Bonchev–Trinajstić information content (AvgIpc) is 2.93. The Morgan fingerprint density at radius 2 is 1.47 bits per heavy atom. The van der Waals surface area contributed by atoms with Crippen LogP contribution in [0, 0.1) is 15.3 Å². The summed E-state index contributed by atoms with van der Waals surface area (Å²) in [6.07, 6.45) is 16.8. The molecular weight excluding hydrogens is 486 g/mol. The Balaban J connectivity index is 1.44. The van der Waals surface area contributed by atoms with Gasteiger partial charge in [-0.25, -0.2) is 4.98 Å². The molecule has 0 aromatic carbocycles. The molecule has 10 heteroatoms. The fourth-order valence-corrected chi connectivity index (χ4v) is 4.90. The number of hydrogen-bond acceptors (Lipinski definition) is 8. The Morgan fingerprint density at radius 1 is 0.921 bits per heavy atom. The fraction of sp³-hybridized carbons (Fsp3) is 0.786. The van der Waals surface area contributed by atoms with Crippen LogP contribution in [0.15, 0.2) is 18.3 Å². The molecular formula is C28H48N5O5-. The topological polar surface area (TPSA) is 115 Å². The summed E-state index contributed by atoms with van der Waals surface area (Å²) in [6.45, 7) is 7.69. The van der Waals surface area contributed by atoms with Gasteiger partial charge in [-0.2, -0.15) is 0 Å². The highest BCUT2D eigenvalue weighted by atomic mass is 16.9. The molecule has 1 aromatic rings. The number of anilines is 1. The normalized spacial score (nSPS) is 14.0. The van der Waals surface area contributed by atoms with Gasteiger partial charge in [0.05, 0.1) is 12.2 Å². The summed E-state index contributed by atoms with van der Waals surface area (Å²) in [7, 11) is 0. The molecule has 0 atom stereocenters. The van der Waals surface area contributed by atoms with E-state index in [9.17, 15) is 20.1 Å². The maximum absolute atomic E-state index is 12.5. The molecule has 0 bridgehead atoms. The zero-order chi connectivity index (χ0) is 27.4. The van der Waals surface area contributed by atoms with E-state index in [1.54, 1.807) is 6.07 Å². The highest BCUT2D eigenvalue weighted by Crippen LogP contribution is 2.16. The van der Waals surface area contributed by atoms with Crippen molar-refractivity contribution in [3.8, 4) is 0 Å². The minimum atomic E-state index is -0.728. The molecule has 1 aromatic heterocycles. The number of hydrogen-bond donors (Lipinski definition) is 0. The maximum Gasteiger partial charge on any atom is 0.294 e. The number of unbranched alkanes of at least 4 members (excludes halogenated alkanes) is 12. The van der Waals surface area contributed by atoms with Crippen LogP contribution >= 0.6 is 0 Å². The number of amides is 1. The fourth-order valence-electron chi connectivity index (χ4n) is 4.90. The Labute approximate surface area is 228 Å². The van der Waals surface area contributed by atoms with Crippen molar-refractivity contribution in [2.45, 2.75) is 96.8 Å². The van der Waals surface area contributed by atoms with Crippen molar-refractivity contribution in [3.05, 3.63) is 39.2 Å². The van der Waals surface area contributed by atoms with Crippen LogP contribution < -0.4 is 4.90 Å². The van der Waals surface area contributed by atoms with Crippen LogP contribution in [-0.2, 0) is 4.84 Å². The van der Waals surface area contributed by atoms with E-state index in [0.717, 1.165) is 77.1 Å². The second-order valence-corrected chi connectivity index (χ2v) is 10.3. The van der Waals surface area contributed by atoms with E-state index in [2.05, 4.69) is 26.5 Å². The molecule has 0 N–H and O–H groups in total. The Hall–Kier alpha value is -2.46. The minimum Gasteiger partial charge on any atom is -0.756 e. The minimum absolute atomic E-state index is 0.207. The molecule has 1 aliphatic heterocycles. The van der Waals surface area contributed by atoms with Crippen LogP contribution in [0.2, 0.25) is 0 Å². The molecule has 2 rings (SSSR count). The third-order valence-corrected chi connectivity index (χ3v) is 7.16. The number of hydroxylamine groups is 2. The van der Waals surface area contributed by atoms with E-state index in [-0.39, 0.29) is 13.2 Å². The van der Waals surface area contributed by atoms with E-state index >= 15 is 0 Å². The quantitative estimate of drug-likeness (QED) is 0.110. The van der Waals surface area contributed by atoms with Gasteiger partial charge in [0, 0.05) is 38.9 Å². The predicted octanol–water partition coefficient (Wildman–Crippen LogP) is 5.83. The van der Waals surface area contributed by atoms with E-state index < -0.39 is 11.0 Å². The molecule has 38 heavy (non-hydrogen) atoms. The molecule has 1 saturated heterocycles. The van der Waals surface area contributed by atoms with E-state index in [1.165, 1.54) is 57.6 Å². The lowest BCUT2D eigenvalue weighted by Gasteiger charge is -2.35. The zero-order valence-corrected chi connectivity index (χ0v) is 23.4. The summed E-state index contributed by atoms with van der Waals surface area (Å²) in [5, 5.41) is 22.2. The first-order valence-corrected chi connectivity index (χ1v) is 14.7. The number of rotatable bonds is 21. The van der Waals surface area contributed by atoms with Gasteiger partial charge in [0.15, 0.2) is 0 Å². The first-order valence-electron chi connectivity index (χ1n) is 14.7. The van der Waals surface area contributed by atoms with Crippen LogP contribution in [0.4, 0.5) is 5.82 Å². The van der Waals surface area contributed by atoms with Gasteiger partial charge in [-0.3, -0.25) is 9.69 Å². The van der Waals surface area contributed by atoms with Crippen LogP contribution in [0.1, 0.15) is 107 Å². The molecule has 1 amide bonds. The zero-order valence-electron chi connectivity index (χ0n) is 23.4. The molecule has 0 spiro atoms. The van der Waals surface area contributed by atoms with Crippen LogP contribution in [0.5, 0.6) is 0 Å². The molecule has 0 aliphatic carbocycles. The van der Waals surface area contributed by atoms with Gasteiger partial charge in [0.25, 0.3) is 5.09 Å². The van der Waals surface area contributed by atoms with Crippen molar-refractivity contribution in [1.82, 2.24) is 14.9 Å². The maximum atomic E-state index is 12.5. The summed E-state index contributed by atoms with van der Waals surface area (Å²) in [5.74, 6) is 0.370. The lowest BCUT2D eigenvalue weighted by atomic mass is 10.0. The highest BCUT2D eigenvalue weighted by Gasteiger charge is 2.18. The van der Waals surface area contributed by atoms with Crippen molar-refractivity contribution >= 4 is 11.7 Å². The molecule has 0 unspecified atom stereocenters. The highest BCUT2D eigenvalue weighted by molar-refractivity contribution is 5.94. The smallest absolute Gasteiger partial charge is 0.294 e. The standard InChI is InChI=1S/C28H48N5O5/c1-2-18-30-20-22-31(23-21-30)27-17-16-26(25-29-27)28(34)32(35)19-14-12-10-8-6-4-3-5-7-9-11-13-15-24-38-33(36)37/h16-17,25H,2-15,18-24H2,1H3/q-1. The monoisotopic (exact) mass is 534 g/mol. The van der Waals surface area contributed by atoms with Gasteiger partial charge in [0.1, 0.15) is 5.82 Å². The first kappa shape index (κ1) is 31.8. The SMILES string of the molecule is CCCN1CCN(c2ccc(C(=O)N([O-])CCCCCCCCCCCCCCCO[N+](=O)[O-])cn2)CC1. The van der Waals surface area contributed by atoms with Crippen molar-refractivity contribution in [1.29, 1.82) is 0 Å². The Bertz CT molecular complexity index is 771. The summed E-state index contributed by atoms with van der Waals surface area (Å²) >= 11 is 0. The molecule has 1 aliphatic rings. The Morgan fingerprint density at radius 3 is 1.97 bits per heavy atom. The third kappa shape index (κ3) is 13.4. The number of aromatic nitrogens is 1. The molecule has 216 valence electrons. The molecule has 0 saturated carbocycles. The number of piperazine rings is 1. The first-order chi connectivity index (χ1) is 18.5. The van der Waals surface area contributed by atoms with Gasteiger partial charge in [-0.05, 0) is 37.9 Å². The van der Waals surface area contributed by atoms with Crippen LogP contribution in [0.3, 0.4) is 0 Å². The molecule has 10 nitrogen and oxygen atoms in total. The summed E-state index contributed by atoms with van der Waals surface area (Å²) in [5.41, 5.74) is 0.359. The largest absolute Gasteiger partial charge is 0.756 e. The van der Waals surface area contributed by atoms with Gasteiger partial charge >= 0.3 is 0 Å². The van der Waals surface area contributed by atoms with E-state index in [1.807, 2.05) is 6.07 Å². The number of nitrogens with zero attached hydrogens (tertiary/aromatic N) is 5. The predicted molar refractivity (Wildman–Crippen MR) is 151 cm³/mol. The molecule has 1 fully saturated rings. The number of carbonyl (C=O) groups excluding carboxylic acids is 1. The Kier molecular flexibility index (Phi) is 16.4. The van der Waals surface area contributed by atoms with Crippen molar-refractivity contribution in [2.24, 2.45) is 0 Å². The second kappa shape index (κ2) is 19.6. The average molecular weight is 535 g/mol. The van der Waals surface area contributed by atoms with Gasteiger partial charge in [-0.15, -0.1) is 10.1 Å². The second-order valence-electron chi connectivity index (χ2n) is 10.3. The van der Waals surface area contributed by atoms with E-state index in [4.69, 9.17) is 0 Å². The summed E-state index contributed by atoms with van der Waals surface area (Å²) in [6, 6.07) is 3.58. The van der Waals surface area contributed by atoms with Crippen molar-refractivity contribution in [3.63, 3.8) is 0 Å². The lowest BCUT2D eigenvalue weighted by molar-refractivity contribution is -0.757. The molecule has 0 radical (unpaired) electrons. The summed E-state index contributed by atoms with van der Waals surface area (Å²) in [4.78, 5) is 36.0.